The second-order valence-electron chi connectivity index (χ2n) is 5.65. The van der Waals surface area contributed by atoms with Crippen LogP contribution >= 0.6 is 0 Å². The van der Waals surface area contributed by atoms with Crippen LogP contribution in [0.3, 0.4) is 0 Å². The van der Waals surface area contributed by atoms with Gasteiger partial charge in [0.25, 0.3) is 5.91 Å². The standard InChI is InChI=1S/C18H15FN4O2/c19-13-1-3-15(4-2-13)22-9-10-23-17(18(22)24)11-14(21-23)12-25-16-5-7-20-8-6-16/h1-8,11H,9-10,12H2. The average Bonchev–Trinajstić information content (AvgIpc) is 3.06. The van der Waals surface area contributed by atoms with Crippen molar-refractivity contribution in [1.82, 2.24) is 14.8 Å². The van der Waals surface area contributed by atoms with Crippen LogP contribution in [0, 0.1) is 5.82 Å². The smallest absolute Gasteiger partial charge is 0.276 e. The van der Waals surface area contributed by atoms with E-state index in [9.17, 15) is 9.18 Å². The molecule has 1 amide bonds. The lowest BCUT2D eigenvalue weighted by Crippen LogP contribution is -2.40. The van der Waals surface area contributed by atoms with Gasteiger partial charge in [-0.15, -0.1) is 0 Å². The van der Waals surface area contributed by atoms with Crippen molar-refractivity contribution in [3.05, 3.63) is 72.1 Å². The zero-order valence-corrected chi connectivity index (χ0v) is 13.3. The van der Waals surface area contributed by atoms with E-state index >= 15 is 0 Å². The van der Waals surface area contributed by atoms with Crippen molar-refractivity contribution in [2.45, 2.75) is 13.2 Å². The molecule has 0 bridgehead atoms. The number of fused-ring (bicyclic) bond motifs is 1. The van der Waals surface area contributed by atoms with Gasteiger partial charge in [0.05, 0.1) is 6.54 Å². The molecule has 3 aromatic rings. The second kappa shape index (κ2) is 6.35. The molecule has 0 radical (unpaired) electrons. The molecule has 0 unspecified atom stereocenters. The SMILES string of the molecule is O=C1c2cc(COc3ccncc3)nn2CCN1c1ccc(F)cc1. The minimum atomic E-state index is -0.325. The average molecular weight is 338 g/mol. The third-order valence-corrected chi connectivity index (χ3v) is 4.01. The minimum Gasteiger partial charge on any atom is -0.487 e. The molecule has 1 aromatic carbocycles. The molecule has 1 aliphatic heterocycles. The molecule has 0 spiro atoms. The van der Waals surface area contributed by atoms with Crippen molar-refractivity contribution >= 4 is 11.6 Å². The Hall–Kier alpha value is -3.22. The lowest BCUT2D eigenvalue weighted by molar-refractivity contribution is 0.0962. The van der Waals surface area contributed by atoms with Crippen molar-refractivity contribution in [1.29, 1.82) is 0 Å². The van der Waals surface area contributed by atoms with Gasteiger partial charge in [-0.1, -0.05) is 0 Å². The van der Waals surface area contributed by atoms with Crippen molar-refractivity contribution in [2.24, 2.45) is 0 Å². The maximum absolute atomic E-state index is 13.1. The lowest BCUT2D eigenvalue weighted by Gasteiger charge is -2.27. The molecular weight excluding hydrogens is 323 g/mol. The maximum Gasteiger partial charge on any atom is 0.276 e. The Morgan fingerprint density at radius 1 is 1.08 bits per heavy atom. The molecule has 0 saturated carbocycles. The first-order valence-electron chi connectivity index (χ1n) is 7.88. The van der Waals surface area contributed by atoms with Crippen LogP contribution in [0.1, 0.15) is 16.2 Å². The van der Waals surface area contributed by atoms with Gasteiger partial charge in [-0.05, 0) is 42.5 Å². The molecule has 1 aliphatic rings. The van der Waals surface area contributed by atoms with Crippen LogP contribution in [-0.2, 0) is 13.2 Å². The number of anilines is 1. The molecule has 0 aliphatic carbocycles. The Labute approximate surface area is 143 Å². The van der Waals surface area contributed by atoms with Crippen LogP contribution in [0.25, 0.3) is 0 Å². The number of nitrogens with zero attached hydrogens (tertiary/aromatic N) is 4. The van der Waals surface area contributed by atoms with E-state index < -0.39 is 0 Å². The summed E-state index contributed by atoms with van der Waals surface area (Å²) in [4.78, 5) is 18.3. The first kappa shape index (κ1) is 15.3. The Morgan fingerprint density at radius 2 is 1.84 bits per heavy atom. The fourth-order valence-electron chi connectivity index (χ4n) is 2.78. The summed E-state index contributed by atoms with van der Waals surface area (Å²) in [5.74, 6) is 0.217. The highest BCUT2D eigenvalue weighted by atomic mass is 19.1. The Balaban J connectivity index is 1.51. The Bertz CT molecular complexity index is 893. The van der Waals surface area contributed by atoms with Gasteiger partial charge in [0.1, 0.15) is 29.6 Å². The first-order valence-corrected chi connectivity index (χ1v) is 7.88. The number of aromatic nitrogens is 3. The molecular formula is C18H15FN4O2. The number of halogens is 1. The molecule has 4 rings (SSSR count). The van der Waals surface area contributed by atoms with Gasteiger partial charge >= 0.3 is 0 Å². The molecule has 6 nitrogen and oxygen atoms in total. The van der Waals surface area contributed by atoms with Crippen molar-refractivity contribution < 1.29 is 13.9 Å². The van der Waals surface area contributed by atoms with Gasteiger partial charge in [-0.2, -0.15) is 5.10 Å². The minimum absolute atomic E-state index is 0.152. The normalized spacial score (nSPS) is 13.6. The number of pyridine rings is 1. The van der Waals surface area contributed by atoms with E-state index in [4.69, 9.17) is 4.74 Å². The summed E-state index contributed by atoms with van der Waals surface area (Å²) in [6.45, 7) is 1.34. The zero-order chi connectivity index (χ0) is 17.2. The van der Waals surface area contributed by atoms with Crippen molar-refractivity contribution in [2.75, 3.05) is 11.4 Å². The Morgan fingerprint density at radius 3 is 2.60 bits per heavy atom. The number of carbonyl (C=O) groups excluding carboxylic acids is 1. The Kier molecular flexibility index (Phi) is 3.89. The summed E-state index contributed by atoms with van der Waals surface area (Å²) in [5, 5.41) is 4.43. The van der Waals surface area contributed by atoms with E-state index in [2.05, 4.69) is 10.1 Å². The van der Waals surface area contributed by atoms with E-state index in [0.717, 1.165) is 0 Å². The molecule has 3 heterocycles. The number of amides is 1. The highest BCUT2D eigenvalue weighted by Crippen LogP contribution is 2.22. The fraction of sp³-hybridized carbons (Fsp3) is 0.167. The molecule has 0 saturated heterocycles. The van der Waals surface area contributed by atoms with Gasteiger partial charge in [0.2, 0.25) is 0 Å². The predicted octanol–water partition coefficient (Wildman–Crippen LogP) is 2.66. The van der Waals surface area contributed by atoms with Crippen LogP contribution in [-0.4, -0.2) is 27.2 Å². The van der Waals surface area contributed by atoms with Gasteiger partial charge in [-0.3, -0.25) is 14.5 Å². The van der Waals surface area contributed by atoms with Gasteiger partial charge in [0, 0.05) is 24.6 Å². The predicted molar refractivity (Wildman–Crippen MR) is 88.9 cm³/mol. The molecule has 2 aromatic heterocycles. The van der Waals surface area contributed by atoms with E-state index in [1.807, 2.05) is 0 Å². The third-order valence-electron chi connectivity index (χ3n) is 4.01. The number of hydrogen-bond acceptors (Lipinski definition) is 4. The third kappa shape index (κ3) is 3.08. The highest BCUT2D eigenvalue weighted by molar-refractivity contribution is 6.05. The fourth-order valence-corrected chi connectivity index (χ4v) is 2.78. The summed E-state index contributed by atoms with van der Waals surface area (Å²) < 4.78 is 20.4. The molecule has 0 atom stereocenters. The topological polar surface area (TPSA) is 60.2 Å². The monoisotopic (exact) mass is 338 g/mol. The van der Waals surface area contributed by atoms with Crippen LogP contribution in [0.2, 0.25) is 0 Å². The number of ether oxygens (including phenoxy) is 1. The largest absolute Gasteiger partial charge is 0.487 e. The van der Waals surface area contributed by atoms with Crippen LogP contribution in [0.15, 0.2) is 54.9 Å². The molecule has 126 valence electrons. The van der Waals surface area contributed by atoms with Gasteiger partial charge < -0.3 is 9.64 Å². The first-order chi connectivity index (χ1) is 12.2. The molecule has 25 heavy (non-hydrogen) atoms. The molecule has 7 heteroatoms. The summed E-state index contributed by atoms with van der Waals surface area (Å²) in [6, 6.07) is 11.2. The van der Waals surface area contributed by atoms with Gasteiger partial charge in [-0.25, -0.2) is 4.39 Å². The summed E-state index contributed by atoms with van der Waals surface area (Å²) in [7, 11) is 0. The maximum atomic E-state index is 13.1. The number of benzene rings is 1. The van der Waals surface area contributed by atoms with Crippen molar-refractivity contribution in [3.8, 4) is 5.75 Å². The number of carbonyl (C=O) groups is 1. The van der Waals surface area contributed by atoms with E-state index in [1.54, 1.807) is 52.3 Å². The van der Waals surface area contributed by atoms with E-state index in [1.165, 1.54) is 12.1 Å². The lowest BCUT2D eigenvalue weighted by atomic mass is 10.2. The van der Waals surface area contributed by atoms with Crippen LogP contribution in [0.4, 0.5) is 10.1 Å². The summed E-state index contributed by atoms with van der Waals surface area (Å²) >= 11 is 0. The van der Waals surface area contributed by atoms with Crippen LogP contribution in [0.5, 0.6) is 5.75 Å². The number of hydrogen-bond donors (Lipinski definition) is 0. The summed E-state index contributed by atoms with van der Waals surface area (Å²) in [5.41, 5.74) is 1.86. The quantitative estimate of drug-likeness (QED) is 0.734. The molecule has 0 fully saturated rings. The van der Waals surface area contributed by atoms with E-state index in [0.29, 0.717) is 35.9 Å². The zero-order valence-electron chi connectivity index (χ0n) is 13.3. The van der Waals surface area contributed by atoms with Crippen LogP contribution < -0.4 is 9.64 Å². The van der Waals surface area contributed by atoms with Crippen molar-refractivity contribution in [3.63, 3.8) is 0 Å². The highest BCUT2D eigenvalue weighted by Gasteiger charge is 2.27. The molecule has 0 N–H and O–H groups in total. The second-order valence-corrected chi connectivity index (χ2v) is 5.65. The van der Waals surface area contributed by atoms with Gasteiger partial charge in [0.15, 0.2) is 0 Å². The van der Waals surface area contributed by atoms with E-state index in [-0.39, 0.29) is 18.3 Å². The number of rotatable bonds is 4. The summed E-state index contributed by atoms with van der Waals surface area (Å²) in [6.07, 6.45) is 3.30.